The average Bonchev–Trinajstić information content (AvgIpc) is 3.31. The van der Waals surface area contributed by atoms with Gasteiger partial charge in [-0.25, -0.2) is 0 Å². The Bertz CT molecular complexity index is 2820. The molecule has 9 aromatic rings. The van der Waals surface area contributed by atoms with Crippen LogP contribution in [0.5, 0.6) is 0 Å². The molecule has 0 fully saturated rings. The third-order valence-corrected chi connectivity index (χ3v) is 18.3. The molecular weight excluding hydrogens is 731 g/mol. The molecule has 276 valence electrons. The molecule has 2 spiro atoms. The zero-order valence-corrected chi connectivity index (χ0v) is 33.2. The Labute approximate surface area is 345 Å². The lowest BCUT2D eigenvalue weighted by Crippen LogP contribution is -2.79. The van der Waals surface area contributed by atoms with E-state index in [0.29, 0.717) is 0 Å². The van der Waals surface area contributed by atoms with Gasteiger partial charge in [0, 0.05) is 28.4 Å². The number of hydrogen-bond acceptors (Lipinski definition) is 3. The highest BCUT2D eigenvalue weighted by Gasteiger charge is 2.59. The Balaban J connectivity index is 1.20. The van der Waals surface area contributed by atoms with E-state index in [1.54, 1.807) is 0 Å². The Kier molecular flexibility index (Phi) is 6.67. The molecule has 9 aromatic carbocycles. The van der Waals surface area contributed by atoms with E-state index in [1.807, 2.05) is 0 Å². The smallest absolute Gasteiger partial charge is 0.188 e. The van der Waals surface area contributed by atoms with E-state index in [1.165, 1.54) is 88.5 Å². The molecule has 0 aliphatic carbocycles. The molecule has 0 saturated carbocycles. The first kappa shape index (κ1) is 32.7. The molecule has 0 aromatic heterocycles. The van der Waals surface area contributed by atoms with E-state index in [9.17, 15) is 0 Å². The summed E-state index contributed by atoms with van der Waals surface area (Å²) in [6.07, 6.45) is 0. The fourth-order valence-electron chi connectivity index (χ4n) is 11.4. The Morgan fingerprint density at radius 1 is 0.254 bits per heavy atom. The van der Waals surface area contributed by atoms with Crippen molar-refractivity contribution in [3.05, 3.63) is 247 Å². The van der Waals surface area contributed by atoms with Gasteiger partial charge in [-0.05, 0) is 104 Å². The Morgan fingerprint density at radius 2 is 0.576 bits per heavy atom. The molecule has 0 radical (unpaired) electrons. The molecule has 59 heavy (non-hydrogen) atoms. The van der Waals surface area contributed by atoms with Crippen LogP contribution in [0.15, 0.2) is 224 Å². The number of fused-ring (bicyclic) bond motifs is 16. The number of benzene rings is 9. The minimum Gasteiger partial charge on any atom is -0.311 e. The summed E-state index contributed by atoms with van der Waals surface area (Å²) in [4.78, 5) is 7.59. The van der Waals surface area contributed by atoms with E-state index < -0.39 is 13.5 Å². The number of para-hydroxylation sites is 9. The zero-order valence-electron chi connectivity index (χ0n) is 32.2. The van der Waals surface area contributed by atoms with Crippen molar-refractivity contribution < 1.29 is 0 Å². The predicted molar refractivity (Wildman–Crippen MR) is 247 cm³/mol. The molecule has 0 unspecified atom stereocenters. The van der Waals surface area contributed by atoms with Gasteiger partial charge in [-0.1, -0.05) is 164 Å². The van der Waals surface area contributed by atoms with Crippen molar-refractivity contribution in [3.8, 4) is 0 Å². The van der Waals surface area contributed by atoms with Crippen LogP contribution in [0.2, 0.25) is 0 Å². The maximum atomic E-state index is 2.63. The quantitative estimate of drug-likeness (QED) is 0.162. The van der Waals surface area contributed by atoms with Crippen LogP contribution in [0.4, 0.5) is 51.2 Å². The largest absolute Gasteiger partial charge is 0.311 e. The van der Waals surface area contributed by atoms with Crippen LogP contribution in [0.25, 0.3) is 0 Å². The van der Waals surface area contributed by atoms with Crippen LogP contribution in [-0.2, 0) is 5.41 Å². The maximum absolute atomic E-state index is 3.03. The molecule has 4 aliphatic rings. The lowest BCUT2D eigenvalue weighted by molar-refractivity contribution is 0.719. The molecule has 0 saturated heterocycles. The summed E-state index contributed by atoms with van der Waals surface area (Å²) in [6, 6.07) is 84.4. The normalized spacial score (nSPS) is 15.3. The summed E-state index contributed by atoms with van der Waals surface area (Å²) >= 11 is 0. The third kappa shape index (κ3) is 4.01. The van der Waals surface area contributed by atoms with Crippen LogP contribution < -0.4 is 35.4 Å². The second-order valence-corrected chi connectivity index (χ2v) is 19.6. The fraction of sp³-hybridized carbons (Fsp3) is 0.0182. The van der Waals surface area contributed by atoms with Crippen molar-refractivity contribution in [2.75, 3.05) is 14.7 Å². The molecule has 4 aliphatic heterocycles. The van der Waals surface area contributed by atoms with Crippen LogP contribution >= 0.6 is 0 Å². The summed E-state index contributed by atoms with van der Waals surface area (Å²) in [6.45, 7) is 0. The number of anilines is 9. The van der Waals surface area contributed by atoms with Crippen molar-refractivity contribution in [2.24, 2.45) is 0 Å². The fourth-order valence-corrected chi connectivity index (χ4v) is 16.9. The number of hydrogen-bond donors (Lipinski definition) is 0. The van der Waals surface area contributed by atoms with E-state index in [0.717, 1.165) is 5.69 Å². The summed E-state index contributed by atoms with van der Waals surface area (Å²) in [5, 5.41) is 5.67. The first-order valence-corrected chi connectivity index (χ1v) is 22.5. The summed E-state index contributed by atoms with van der Waals surface area (Å²) in [5.41, 5.74) is 15.6. The summed E-state index contributed by atoms with van der Waals surface area (Å²) in [5.74, 6) is 0. The maximum Gasteiger partial charge on any atom is 0.188 e. The highest BCUT2D eigenvalue weighted by molar-refractivity contribution is 7.23. The topological polar surface area (TPSA) is 9.72 Å². The zero-order chi connectivity index (χ0) is 38.7. The first-order valence-electron chi connectivity index (χ1n) is 20.5. The molecule has 4 heterocycles. The van der Waals surface area contributed by atoms with Crippen LogP contribution in [0, 0.1) is 0 Å². The highest BCUT2D eigenvalue weighted by Crippen LogP contribution is 2.64. The lowest BCUT2D eigenvalue weighted by atomic mass is 9.60. The molecule has 0 amide bonds. The first-order chi connectivity index (χ1) is 29.3. The van der Waals surface area contributed by atoms with Gasteiger partial charge in [-0.3, -0.25) is 0 Å². The molecule has 0 bridgehead atoms. The van der Waals surface area contributed by atoms with Crippen LogP contribution in [-0.4, -0.2) is 8.07 Å². The van der Waals surface area contributed by atoms with E-state index >= 15 is 0 Å². The van der Waals surface area contributed by atoms with Crippen LogP contribution in [0.3, 0.4) is 0 Å². The molecule has 13 rings (SSSR count). The Morgan fingerprint density at radius 3 is 1.05 bits per heavy atom. The van der Waals surface area contributed by atoms with E-state index in [4.69, 9.17) is 0 Å². The van der Waals surface area contributed by atoms with Crippen molar-refractivity contribution in [3.63, 3.8) is 0 Å². The van der Waals surface area contributed by atoms with Crippen molar-refractivity contribution in [1.82, 2.24) is 0 Å². The SMILES string of the molecule is c1ccc(N2c3ccccc3C3(c4ccccc42)c2ccccc2N2c4ccccc4[Si]4(c5ccccc5N(c5ccccc5)c5ccccc54)c4cccc3c42)cc1. The van der Waals surface area contributed by atoms with Gasteiger partial charge in [0.05, 0.1) is 28.2 Å². The van der Waals surface area contributed by atoms with Gasteiger partial charge >= 0.3 is 0 Å². The monoisotopic (exact) mass is 767 g/mol. The number of nitrogens with zero attached hydrogens (tertiary/aromatic N) is 3. The minimum absolute atomic E-state index is 0.609. The molecule has 0 N–H and O–H groups in total. The number of rotatable bonds is 2. The summed E-state index contributed by atoms with van der Waals surface area (Å²) < 4.78 is 0. The van der Waals surface area contributed by atoms with Crippen molar-refractivity contribution >= 4 is 80.0 Å². The second-order valence-electron chi connectivity index (χ2n) is 16.0. The Hall–Kier alpha value is -7.40. The molecular formula is C55H37N3Si. The van der Waals surface area contributed by atoms with Crippen molar-refractivity contribution in [2.45, 2.75) is 5.41 Å². The molecule has 3 nitrogen and oxygen atoms in total. The lowest BCUT2D eigenvalue weighted by Gasteiger charge is -2.56. The molecule has 0 atom stereocenters. The van der Waals surface area contributed by atoms with E-state index in [2.05, 4.69) is 239 Å². The highest BCUT2D eigenvalue weighted by atomic mass is 28.3. The van der Waals surface area contributed by atoms with Gasteiger partial charge in [0.15, 0.2) is 8.07 Å². The standard InChI is InChI=1S/C55H37N3Si/c1-3-20-38(21-4-1)56-44-28-10-7-24-40(44)55(41-25-8-11-29-45(41)56)42-26-9-12-30-46(42)58-49-33-15-18-36-52(49)59(53-37-19-27-43(55)54(53)58)50-34-16-13-31-47(50)57(39-22-5-2-6-23-39)48-32-14-17-35-51(48)59/h1-37H. The third-order valence-electron chi connectivity index (χ3n) is 13.4. The minimum atomic E-state index is -3.03. The predicted octanol–water partition coefficient (Wildman–Crippen LogP) is 11.1. The van der Waals surface area contributed by atoms with Crippen molar-refractivity contribution in [1.29, 1.82) is 0 Å². The van der Waals surface area contributed by atoms with Gasteiger partial charge in [0.25, 0.3) is 0 Å². The van der Waals surface area contributed by atoms with Gasteiger partial charge in [-0.15, -0.1) is 0 Å². The molecule has 4 heteroatoms. The average molecular weight is 768 g/mol. The van der Waals surface area contributed by atoms with E-state index in [-0.39, 0.29) is 0 Å². The van der Waals surface area contributed by atoms with Crippen LogP contribution in [0.1, 0.15) is 22.3 Å². The van der Waals surface area contributed by atoms with Gasteiger partial charge in [-0.2, -0.15) is 0 Å². The van der Waals surface area contributed by atoms with Gasteiger partial charge in [0.2, 0.25) is 0 Å². The summed E-state index contributed by atoms with van der Waals surface area (Å²) in [7, 11) is -3.03. The van der Waals surface area contributed by atoms with Gasteiger partial charge in [0.1, 0.15) is 0 Å². The van der Waals surface area contributed by atoms with Gasteiger partial charge < -0.3 is 14.7 Å². The second kappa shape index (κ2) is 12.1.